The molecule has 0 unspecified atom stereocenters. The first-order valence-corrected chi connectivity index (χ1v) is 14.7. The molecule has 0 aromatic rings. The van der Waals surface area contributed by atoms with Gasteiger partial charge in [-0.25, -0.2) is 0 Å². The van der Waals surface area contributed by atoms with Crippen molar-refractivity contribution in [1.29, 1.82) is 0 Å². The van der Waals surface area contributed by atoms with Gasteiger partial charge < -0.3 is 10.1 Å². The standard InChI is InChI=1S/C32H55NO/c1-27(2)16-18-32(21-34-9)19-17-30(6)22(23(32)20-27)10-11-25-29(5)14-13-26(33-8)28(3,4)24(29)12-15-31(25,30)7/h10,23-26,33H,11-21H2,1-9H3/t23-,24-,25+,26-,29-,30+,31+,32+/m0/s1. The van der Waals surface area contributed by atoms with E-state index in [1.165, 1.54) is 64.2 Å². The summed E-state index contributed by atoms with van der Waals surface area (Å²) in [5, 5.41) is 3.71. The number of ether oxygens (including phenoxy) is 1. The fourth-order valence-electron chi connectivity index (χ4n) is 11.4. The zero-order valence-electron chi connectivity index (χ0n) is 24.1. The molecule has 4 fully saturated rings. The number of hydrogen-bond acceptors (Lipinski definition) is 2. The van der Waals surface area contributed by atoms with E-state index in [9.17, 15) is 0 Å². The van der Waals surface area contributed by atoms with Crippen molar-refractivity contribution >= 4 is 0 Å². The summed E-state index contributed by atoms with van der Waals surface area (Å²) in [7, 11) is 4.13. The van der Waals surface area contributed by atoms with Crippen LogP contribution in [-0.2, 0) is 4.74 Å². The summed E-state index contributed by atoms with van der Waals surface area (Å²) in [4.78, 5) is 0. The van der Waals surface area contributed by atoms with Gasteiger partial charge in [0.25, 0.3) is 0 Å². The first-order chi connectivity index (χ1) is 15.8. The number of hydrogen-bond donors (Lipinski definition) is 1. The highest BCUT2D eigenvalue weighted by Crippen LogP contribution is 2.75. The smallest absolute Gasteiger partial charge is 0.0524 e. The first-order valence-electron chi connectivity index (χ1n) is 14.7. The van der Waals surface area contributed by atoms with Crippen LogP contribution in [0.4, 0.5) is 0 Å². The van der Waals surface area contributed by atoms with E-state index in [1.54, 1.807) is 0 Å². The molecule has 0 bridgehead atoms. The van der Waals surface area contributed by atoms with Crippen LogP contribution in [0.25, 0.3) is 0 Å². The van der Waals surface area contributed by atoms with E-state index in [4.69, 9.17) is 4.74 Å². The Labute approximate surface area is 211 Å². The molecular weight excluding hydrogens is 414 g/mol. The molecule has 34 heavy (non-hydrogen) atoms. The van der Waals surface area contributed by atoms with Crippen LogP contribution in [0, 0.1) is 50.2 Å². The molecule has 5 rings (SSSR count). The highest BCUT2D eigenvalue weighted by molar-refractivity contribution is 5.34. The van der Waals surface area contributed by atoms with Gasteiger partial charge in [0.15, 0.2) is 0 Å². The van der Waals surface area contributed by atoms with Crippen LogP contribution in [0.5, 0.6) is 0 Å². The highest BCUT2D eigenvalue weighted by atomic mass is 16.5. The number of rotatable bonds is 3. The van der Waals surface area contributed by atoms with E-state index in [0.717, 1.165) is 24.4 Å². The molecule has 2 nitrogen and oxygen atoms in total. The van der Waals surface area contributed by atoms with Gasteiger partial charge in [-0.05, 0) is 116 Å². The second-order valence-corrected chi connectivity index (χ2v) is 15.7. The average Bonchev–Trinajstić information content (AvgIpc) is 2.75. The van der Waals surface area contributed by atoms with Crippen LogP contribution in [0.15, 0.2) is 11.6 Å². The molecule has 194 valence electrons. The summed E-state index contributed by atoms with van der Waals surface area (Å²) in [6.45, 7) is 19.4. The van der Waals surface area contributed by atoms with Gasteiger partial charge >= 0.3 is 0 Å². The molecule has 0 saturated heterocycles. The Morgan fingerprint density at radius 2 is 1.59 bits per heavy atom. The summed E-state index contributed by atoms with van der Waals surface area (Å²) >= 11 is 0. The molecule has 5 aliphatic rings. The van der Waals surface area contributed by atoms with Crippen LogP contribution < -0.4 is 5.32 Å². The third kappa shape index (κ3) is 3.19. The lowest BCUT2D eigenvalue weighted by molar-refractivity contribution is -0.188. The molecule has 8 atom stereocenters. The lowest BCUT2D eigenvalue weighted by Crippen LogP contribution is -2.65. The maximum atomic E-state index is 5.95. The molecule has 0 radical (unpaired) electrons. The monoisotopic (exact) mass is 469 g/mol. The number of methoxy groups -OCH3 is 1. The lowest BCUT2D eigenvalue weighted by atomic mass is 9.33. The molecule has 0 heterocycles. The van der Waals surface area contributed by atoms with Crippen LogP contribution in [-0.4, -0.2) is 26.8 Å². The normalized spacial score (nSPS) is 51.4. The quantitative estimate of drug-likeness (QED) is 0.422. The van der Waals surface area contributed by atoms with E-state index >= 15 is 0 Å². The Hall–Kier alpha value is -0.340. The second-order valence-electron chi connectivity index (χ2n) is 15.7. The van der Waals surface area contributed by atoms with Gasteiger partial charge in [0, 0.05) is 18.6 Å². The third-order valence-corrected chi connectivity index (χ3v) is 13.6. The summed E-state index contributed by atoms with van der Waals surface area (Å²) in [5.74, 6) is 2.36. The maximum absolute atomic E-state index is 5.95. The number of nitrogens with one attached hydrogen (secondary N) is 1. The zero-order valence-corrected chi connectivity index (χ0v) is 24.1. The van der Waals surface area contributed by atoms with Gasteiger partial charge in [-0.3, -0.25) is 0 Å². The van der Waals surface area contributed by atoms with Gasteiger partial charge in [0.05, 0.1) is 6.61 Å². The van der Waals surface area contributed by atoms with E-state index in [2.05, 4.69) is 66.9 Å². The average molecular weight is 470 g/mol. The SMILES string of the molecule is CN[C@H]1CC[C@]2(C)[C@H]3CC=C4[C@@H]5CC(C)(C)CC[C@]5(COC)CC[C@@]4(C)[C@]3(C)CC[C@H]2C1(C)C. The van der Waals surface area contributed by atoms with Gasteiger partial charge in [0.1, 0.15) is 0 Å². The lowest BCUT2D eigenvalue weighted by Gasteiger charge is -2.71. The molecule has 2 heteroatoms. The van der Waals surface area contributed by atoms with Crippen LogP contribution >= 0.6 is 0 Å². The fourth-order valence-corrected chi connectivity index (χ4v) is 11.4. The van der Waals surface area contributed by atoms with Crippen molar-refractivity contribution < 1.29 is 4.74 Å². The second kappa shape index (κ2) is 7.83. The minimum atomic E-state index is 0.350. The van der Waals surface area contributed by atoms with Crippen molar-refractivity contribution in [2.75, 3.05) is 20.8 Å². The predicted molar refractivity (Wildman–Crippen MR) is 144 cm³/mol. The fraction of sp³-hybridized carbons (Fsp3) is 0.938. The maximum Gasteiger partial charge on any atom is 0.0524 e. The van der Waals surface area contributed by atoms with Gasteiger partial charge in [-0.1, -0.05) is 60.1 Å². The van der Waals surface area contributed by atoms with Crippen molar-refractivity contribution in [2.45, 2.75) is 119 Å². The van der Waals surface area contributed by atoms with E-state index in [-0.39, 0.29) is 0 Å². The Morgan fingerprint density at radius 1 is 0.882 bits per heavy atom. The van der Waals surface area contributed by atoms with Crippen molar-refractivity contribution in [2.24, 2.45) is 50.2 Å². The van der Waals surface area contributed by atoms with E-state index in [0.29, 0.717) is 38.5 Å². The first kappa shape index (κ1) is 25.3. The molecule has 0 amide bonds. The largest absolute Gasteiger partial charge is 0.384 e. The molecule has 5 aliphatic carbocycles. The number of allylic oxidation sites excluding steroid dienone is 2. The van der Waals surface area contributed by atoms with Crippen LogP contribution in [0.1, 0.15) is 113 Å². The van der Waals surface area contributed by atoms with Crippen LogP contribution in [0.2, 0.25) is 0 Å². The molecule has 0 aromatic carbocycles. The highest BCUT2D eigenvalue weighted by Gasteiger charge is 2.68. The Kier molecular flexibility index (Phi) is 5.83. The summed E-state index contributed by atoms with van der Waals surface area (Å²) < 4.78 is 5.95. The van der Waals surface area contributed by atoms with E-state index in [1.807, 2.05) is 12.7 Å². The molecule has 0 aliphatic heterocycles. The summed E-state index contributed by atoms with van der Waals surface area (Å²) in [6.07, 6.45) is 16.5. The Morgan fingerprint density at radius 3 is 2.26 bits per heavy atom. The van der Waals surface area contributed by atoms with Gasteiger partial charge in [-0.2, -0.15) is 0 Å². The molecule has 1 N–H and O–H groups in total. The predicted octanol–water partition coefficient (Wildman–Crippen LogP) is 8.02. The van der Waals surface area contributed by atoms with Crippen molar-refractivity contribution in [1.82, 2.24) is 5.32 Å². The molecule has 0 spiro atoms. The third-order valence-electron chi connectivity index (χ3n) is 13.6. The topological polar surface area (TPSA) is 21.3 Å². The minimum Gasteiger partial charge on any atom is -0.384 e. The molecule has 4 saturated carbocycles. The number of fused-ring (bicyclic) bond motifs is 7. The molecule has 0 aromatic heterocycles. The van der Waals surface area contributed by atoms with Crippen LogP contribution in [0.3, 0.4) is 0 Å². The van der Waals surface area contributed by atoms with Crippen molar-refractivity contribution in [3.8, 4) is 0 Å². The molecular formula is C32H55NO. The Bertz CT molecular complexity index is 842. The van der Waals surface area contributed by atoms with E-state index < -0.39 is 0 Å². The summed E-state index contributed by atoms with van der Waals surface area (Å²) in [5.41, 5.74) is 4.32. The van der Waals surface area contributed by atoms with Gasteiger partial charge in [0.2, 0.25) is 0 Å². The Balaban J connectivity index is 1.56. The summed E-state index contributed by atoms with van der Waals surface area (Å²) in [6, 6.07) is 0.661. The van der Waals surface area contributed by atoms with Gasteiger partial charge in [-0.15, -0.1) is 0 Å². The zero-order chi connectivity index (χ0) is 24.8. The minimum absolute atomic E-state index is 0.350. The van der Waals surface area contributed by atoms with Crippen molar-refractivity contribution in [3.63, 3.8) is 0 Å². The van der Waals surface area contributed by atoms with Crippen molar-refractivity contribution in [3.05, 3.63) is 11.6 Å².